The van der Waals surface area contributed by atoms with Gasteiger partial charge in [-0.1, -0.05) is 43.7 Å². The van der Waals surface area contributed by atoms with Crippen LogP contribution in [0, 0.1) is 5.92 Å². The highest BCUT2D eigenvalue weighted by Gasteiger charge is 2.24. The Balaban J connectivity index is 1.83. The first kappa shape index (κ1) is 16.3. The Morgan fingerprint density at radius 2 is 1.96 bits per heavy atom. The molecule has 1 fully saturated rings. The first-order valence-electron chi connectivity index (χ1n) is 8.26. The molecular weight excluding hydrogens is 354 g/mol. The molecule has 1 aromatic carbocycles. The van der Waals surface area contributed by atoms with Gasteiger partial charge in [-0.2, -0.15) is 0 Å². The second-order valence-corrected chi connectivity index (χ2v) is 7.18. The van der Waals surface area contributed by atoms with E-state index in [1.807, 2.05) is 24.3 Å². The van der Waals surface area contributed by atoms with Gasteiger partial charge in [0.25, 0.3) is 5.56 Å². The molecule has 1 aliphatic carbocycles. The number of hydrogen-bond donors (Lipinski definition) is 1. The minimum absolute atomic E-state index is 0.128. The number of hydrogen-bond acceptors (Lipinski definition) is 2. The molecule has 3 nitrogen and oxygen atoms in total. The maximum atomic E-state index is 12.2. The number of aromatic nitrogens is 1. The zero-order valence-electron chi connectivity index (χ0n) is 13.3. The van der Waals surface area contributed by atoms with Gasteiger partial charge in [0.2, 0.25) is 0 Å². The minimum atomic E-state index is -0.128. The van der Waals surface area contributed by atoms with Crippen LogP contribution in [0.4, 0.5) is 0 Å². The van der Waals surface area contributed by atoms with Crippen LogP contribution in [0.2, 0.25) is 0 Å². The molecule has 1 heterocycles. The number of nitrogens with one attached hydrogen (secondary N) is 1. The van der Waals surface area contributed by atoms with Gasteiger partial charge in [-0.3, -0.25) is 4.79 Å². The fourth-order valence-corrected chi connectivity index (χ4v) is 3.49. The zero-order valence-corrected chi connectivity index (χ0v) is 14.9. The van der Waals surface area contributed by atoms with Crippen molar-refractivity contribution >= 4 is 15.9 Å². The highest BCUT2D eigenvalue weighted by atomic mass is 79.9. The van der Waals surface area contributed by atoms with Crippen LogP contribution in [0.5, 0.6) is 5.75 Å². The zero-order chi connectivity index (χ0) is 16.2. The van der Waals surface area contributed by atoms with Crippen LogP contribution >= 0.6 is 15.9 Å². The number of H-pyrrole nitrogens is 1. The van der Waals surface area contributed by atoms with E-state index in [0.29, 0.717) is 22.6 Å². The first-order chi connectivity index (χ1) is 11.1. The standard InChI is InChI=1S/C19H22BrNO2/c1-13-7-5-6-10-16(13)23-17-12-15(21-19(22)18(17)20)11-14-8-3-2-4-9-14/h2-4,8-9,12-13,16H,5-7,10-11H2,1H3,(H,21,22). The van der Waals surface area contributed by atoms with Gasteiger partial charge in [0, 0.05) is 18.2 Å². The SMILES string of the molecule is CC1CCCCC1Oc1cc(Cc2ccccc2)[nH]c(=O)c1Br. The van der Waals surface area contributed by atoms with E-state index >= 15 is 0 Å². The number of halogens is 1. The maximum Gasteiger partial charge on any atom is 0.266 e. The second-order valence-electron chi connectivity index (χ2n) is 6.38. The van der Waals surface area contributed by atoms with Crippen molar-refractivity contribution < 1.29 is 4.74 Å². The summed E-state index contributed by atoms with van der Waals surface area (Å²) in [5.74, 6) is 1.20. The number of benzene rings is 1. The molecule has 0 aliphatic heterocycles. The highest BCUT2D eigenvalue weighted by Crippen LogP contribution is 2.31. The van der Waals surface area contributed by atoms with Crippen molar-refractivity contribution in [2.24, 2.45) is 5.92 Å². The lowest BCUT2D eigenvalue weighted by Gasteiger charge is -2.29. The topological polar surface area (TPSA) is 42.1 Å². The molecule has 0 amide bonds. The summed E-state index contributed by atoms with van der Waals surface area (Å²) in [6.07, 6.45) is 5.63. The Labute approximate surface area is 145 Å². The molecule has 23 heavy (non-hydrogen) atoms. The molecule has 0 saturated heterocycles. The van der Waals surface area contributed by atoms with Crippen molar-refractivity contribution in [3.63, 3.8) is 0 Å². The largest absolute Gasteiger partial charge is 0.489 e. The van der Waals surface area contributed by atoms with E-state index in [0.717, 1.165) is 12.1 Å². The van der Waals surface area contributed by atoms with Crippen LogP contribution in [0.25, 0.3) is 0 Å². The van der Waals surface area contributed by atoms with Crippen LogP contribution in [0.1, 0.15) is 43.9 Å². The van der Waals surface area contributed by atoms with Crippen molar-refractivity contribution in [3.05, 3.63) is 62.5 Å². The van der Waals surface area contributed by atoms with E-state index in [1.54, 1.807) is 0 Å². The van der Waals surface area contributed by atoms with Gasteiger partial charge in [0.05, 0.1) is 0 Å². The summed E-state index contributed by atoms with van der Waals surface area (Å²) in [6.45, 7) is 2.23. The van der Waals surface area contributed by atoms with Crippen LogP contribution < -0.4 is 10.3 Å². The molecular formula is C19H22BrNO2. The average Bonchev–Trinajstić information content (AvgIpc) is 2.55. The number of rotatable bonds is 4. The summed E-state index contributed by atoms with van der Waals surface area (Å²) in [4.78, 5) is 15.1. The molecule has 0 radical (unpaired) electrons. The Hall–Kier alpha value is -1.55. The predicted molar refractivity (Wildman–Crippen MR) is 96.1 cm³/mol. The van der Waals surface area contributed by atoms with Crippen LogP contribution in [0.3, 0.4) is 0 Å². The van der Waals surface area contributed by atoms with Crippen molar-refractivity contribution in [3.8, 4) is 5.75 Å². The summed E-state index contributed by atoms with van der Waals surface area (Å²) < 4.78 is 6.68. The number of pyridine rings is 1. The van der Waals surface area contributed by atoms with Crippen molar-refractivity contribution in [1.29, 1.82) is 0 Å². The first-order valence-corrected chi connectivity index (χ1v) is 9.05. The monoisotopic (exact) mass is 375 g/mol. The highest BCUT2D eigenvalue weighted by molar-refractivity contribution is 9.10. The van der Waals surface area contributed by atoms with Gasteiger partial charge < -0.3 is 9.72 Å². The maximum absolute atomic E-state index is 12.2. The molecule has 4 heteroatoms. The molecule has 0 bridgehead atoms. The van der Waals surface area contributed by atoms with E-state index in [9.17, 15) is 4.79 Å². The Kier molecular flexibility index (Phi) is 5.21. The Bertz CT molecular complexity index is 711. The van der Waals surface area contributed by atoms with E-state index in [1.165, 1.54) is 24.8 Å². The van der Waals surface area contributed by atoms with Gasteiger partial charge >= 0.3 is 0 Å². The van der Waals surface area contributed by atoms with E-state index in [2.05, 4.69) is 40.0 Å². The molecule has 2 aromatic rings. The molecule has 2 unspecified atom stereocenters. The Morgan fingerprint density at radius 3 is 2.70 bits per heavy atom. The van der Waals surface area contributed by atoms with Crippen LogP contribution in [-0.2, 0) is 6.42 Å². The van der Waals surface area contributed by atoms with Gasteiger partial charge in [-0.15, -0.1) is 0 Å². The molecule has 1 aliphatic rings. The fourth-order valence-electron chi connectivity index (χ4n) is 3.19. The van der Waals surface area contributed by atoms with Crippen LogP contribution in [-0.4, -0.2) is 11.1 Å². The quantitative estimate of drug-likeness (QED) is 0.842. The molecule has 1 aromatic heterocycles. The number of ether oxygens (including phenoxy) is 1. The third kappa shape index (κ3) is 4.05. The lowest BCUT2D eigenvalue weighted by atomic mass is 9.88. The molecule has 0 spiro atoms. The summed E-state index contributed by atoms with van der Waals surface area (Å²) in [5.41, 5.74) is 1.92. The molecule has 122 valence electrons. The van der Waals surface area contributed by atoms with Gasteiger partial charge in [-0.05, 0) is 46.7 Å². The summed E-state index contributed by atoms with van der Waals surface area (Å²) >= 11 is 3.38. The van der Waals surface area contributed by atoms with Crippen molar-refractivity contribution in [1.82, 2.24) is 4.98 Å². The summed E-state index contributed by atoms with van der Waals surface area (Å²) in [6, 6.07) is 12.1. The summed E-state index contributed by atoms with van der Waals surface area (Å²) in [5, 5.41) is 0. The van der Waals surface area contributed by atoms with Gasteiger partial charge in [-0.25, -0.2) is 0 Å². The predicted octanol–water partition coefficient (Wildman–Crippen LogP) is 4.69. The smallest absolute Gasteiger partial charge is 0.266 e. The van der Waals surface area contributed by atoms with Crippen molar-refractivity contribution in [2.45, 2.75) is 45.1 Å². The molecule has 2 atom stereocenters. The van der Waals surface area contributed by atoms with Gasteiger partial charge in [0.15, 0.2) is 0 Å². The van der Waals surface area contributed by atoms with E-state index in [-0.39, 0.29) is 11.7 Å². The normalized spacial score (nSPS) is 21.1. The van der Waals surface area contributed by atoms with Crippen LogP contribution in [0.15, 0.2) is 45.7 Å². The third-order valence-corrected chi connectivity index (χ3v) is 5.29. The lowest BCUT2D eigenvalue weighted by Crippen LogP contribution is -2.29. The minimum Gasteiger partial charge on any atom is -0.489 e. The molecule has 1 N–H and O–H groups in total. The second kappa shape index (κ2) is 7.35. The molecule has 3 rings (SSSR count). The van der Waals surface area contributed by atoms with Gasteiger partial charge in [0.1, 0.15) is 16.3 Å². The number of aromatic amines is 1. The summed E-state index contributed by atoms with van der Waals surface area (Å²) in [7, 11) is 0. The lowest BCUT2D eigenvalue weighted by molar-refractivity contribution is 0.101. The van der Waals surface area contributed by atoms with E-state index in [4.69, 9.17) is 4.74 Å². The van der Waals surface area contributed by atoms with Crippen molar-refractivity contribution in [2.75, 3.05) is 0 Å². The fraction of sp³-hybridized carbons (Fsp3) is 0.421. The van der Waals surface area contributed by atoms with E-state index < -0.39 is 0 Å². The molecule has 1 saturated carbocycles. The third-order valence-electron chi connectivity index (χ3n) is 4.54. The Morgan fingerprint density at radius 1 is 1.22 bits per heavy atom. The average molecular weight is 376 g/mol.